The van der Waals surface area contributed by atoms with E-state index in [-0.39, 0.29) is 18.6 Å². The second-order valence-electron chi connectivity index (χ2n) is 5.16. The van der Waals surface area contributed by atoms with Crippen LogP contribution in [0.5, 0.6) is 0 Å². The van der Waals surface area contributed by atoms with Gasteiger partial charge in [0.2, 0.25) is 5.91 Å². The van der Waals surface area contributed by atoms with Crippen LogP contribution in [0, 0.1) is 0 Å². The highest BCUT2D eigenvalue weighted by atomic mass is 19.4. The van der Waals surface area contributed by atoms with Crippen LogP contribution in [0.4, 0.5) is 13.2 Å². The van der Waals surface area contributed by atoms with Crippen LogP contribution >= 0.6 is 0 Å². The summed E-state index contributed by atoms with van der Waals surface area (Å²) in [5, 5.41) is 2.67. The van der Waals surface area contributed by atoms with Gasteiger partial charge in [0.1, 0.15) is 0 Å². The van der Waals surface area contributed by atoms with Crippen molar-refractivity contribution in [2.24, 2.45) is 0 Å². The van der Waals surface area contributed by atoms with Gasteiger partial charge in [0.05, 0.1) is 30.3 Å². The third kappa shape index (κ3) is 4.79. The lowest BCUT2D eigenvalue weighted by molar-refractivity contribution is -0.138. The molecule has 0 saturated heterocycles. The number of rotatable bonds is 6. The van der Waals surface area contributed by atoms with Gasteiger partial charge < -0.3 is 10.1 Å². The smallest absolute Gasteiger partial charge is 0.382 e. The molecule has 1 amide bonds. The fourth-order valence-corrected chi connectivity index (χ4v) is 2.32. The average molecular weight is 338 g/mol. The lowest BCUT2D eigenvalue weighted by atomic mass is 10.0. The molecule has 0 aliphatic heterocycles. The third-order valence-corrected chi connectivity index (χ3v) is 3.39. The Morgan fingerprint density at radius 3 is 2.54 bits per heavy atom. The van der Waals surface area contributed by atoms with Crippen molar-refractivity contribution in [1.82, 2.24) is 10.3 Å². The summed E-state index contributed by atoms with van der Waals surface area (Å²) >= 11 is 0. The molecule has 1 heterocycles. The summed E-state index contributed by atoms with van der Waals surface area (Å²) in [6.45, 7) is 0.170. The fourth-order valence-electron chi connectivity index (χ4n) is 2.32. The first-order chi connectivity index (χ1) is 11.4. The Morgan fingerprint density at radius 2 is 1.92 bits per heavy atom. The average Bonchev–Trinajstić information content (AvgIpc) is 2.55. The number of amides is 1. The van der Waals surface area contributed by atoms with Gasteiger partial charge in [0, 0.05) is 13.3 Å². The van der Waals surface area contributed by atoms with E-state index < -0.39 is 23.7 Å². The van der Waals surface area contributed by atoms with Crippen LogP contribution in [-0.2, 0) is 22.1 Å². The van der Waals surface area contributed by atoms with Crippen LogP contribution in [0.3, 0.4) is 0 Å². The Morgan fingerprint density at radius 1 is 1.21 bits per heavy atom. The van der Waals surface area contributed by atoms with Crippen LogP contribution < -0.4 is 5.32 Å². The van der Waals surface area contributed by atoms with Gasteiger partial charge in [0.15, 0.2) is 0 Å². The zero-order valence-electron chi connectivity index (χ0n) is 13.0. The van der Waals surface area contributed by atoms with Gasteiger partial charge in [-0.25, -0.2) is 0 Å². The number of nitrogens with zero attached hydrogens (tertiary/aromatic N) is 1. The molecule has 0 radical (unpaired) electrons. The quantitative estimate of drug-likeness (QED) is 0.880. The highest BCUT2D eigenvalue weighted by molar-refractivity contribution is 5.79. The van der Waals surface area contributed by atoms with E-state index in [4.69, 9.17) is 4.74 Å². The number of hydrogen-bond donors (Lipinski definition) is 1. The zero-order valence-corrected chi connectivity index (χ0v) is 13.0. The first kappa shape index (κ1) is 17.9. The minimum Gasteiger partial charge on any atom is -0.382 e. The number of carbonyl (C=O) groups is 1. The summed E-state index contributed by atoms with van der Waals surface area (Å²) in [7, 11) is 1.47. The molecular formula is C17H17F3N2O2. The highest BCUT2D eigenvalue weighted by Gasteiger charge is 2.33. The van der Waals surface area contributed by atoms with Gasteiger partial charge >= 0.3 is 6.18 Å². The van der Waals surface area contributed by atoms with Crippen molar-refractivity contribution in [1.29, 1.82) is 0 Å². The number of ether oxygens (including phenoxy) is 1. The predicted octanol–water partition coefficient (Wildman–Crippen LogP) is 3.15. The minimum atomic E-state index is -4.50. The molecule has 0 fully saturated rings. The number of aromatic nitrogens is 1. The van der Waals surface area contributed by atoms with Crippen LogP contribution in [-0.4, -0.2) is 24.6 Å². The summed E-state index contributed by atoms with van der Waals surface area (Å²) in [4.78, 5) is 16.3. The second kappa shape index (κ2) is 7.92. The second-order valence-corrected chi connectivity index (χ2v) is 5.16. The van der Waals surface area contributed by atoms with Gasteiger partial charge in [-0.05, 0) is 23.8 Å². The molecule has 128 valence electrons. The molecule has 1 N–H and O–H groups in total. The van der Waals surface area contributed by atoms with E-state index in [1.165, 1.54) is 25.3 Å². The monoisotopic (exact) mass is 338 g/mol. The van der Waals surface area contributed by atoms with Crippen molar-refractivity contribution in [2.45, 2.75) is 18.6 Å². The highest BCUT2D eigenvalue weighted by Crippen LogP contribution is 2.32. The Bertz CT molecular complexity index is 675. The Labute approximate surface area is 137 Å². The van der Waals surface area contributed by atoms with E-state index in [1.54, 1.807) is 24.4 Å². The van der Waals surface area contributed by atoms with Gasteiger partial charge in [-0.1, -0.05) is 24.3 Å². The molecule has 0 spiro atoms. The first-order valence-electron chi connectivity index (χ1n) is 7.26. The van der Waals surface area contributed by atoms with Crippen LogP contribution in [0.1, 0.15) is 22.9 Å². The molecule has 1 aromatic carbocycles. The third-order valence-electron chi connectivity index (χ3n) is 3.39. The lowest BCUT2D eigenvalue weighted by Crippen LogP contribution is -2.33. The molecule has 7 heteroatoms. The number of alkyl halides is 3. The Balaban J connectivity index is 2.12. The van der Waals surface area contributed by atoms with Crippen molar-refractivity contribution >= 4 is 5.91 Å². The van der Waals surface area contributed by atoms with E-state index >= 15 is 0 Å². The molecule has 24 heavy (non-hydrogen) atoms. The van der Waals surface area contributed by atoms with Crippen molar-refractivity contribution in [2.75, 3.05) is 13.7 Å². The molecule has 2 rings (SSSR count). The maximum Gasteiger partial charge on any atom is 0.416 e. The number of benzene rings is 1. The summed E-state index contributed by atoms with van der Waals surface area (Å²) < 4.78 is 44.0. The topological polar surface area (TPSA) is 51.2 Å². The maximum atomic E-state index is 13.0. The molecule has 0 unspecified atom stereocenters. The number of methoxy groups -OCH3 is 1. The maximum absolute atomic E-state index is 13.0. The van der Waals surface area contributed by atoms with Gasteiger partial charge in [0.25, 0.3) is 0 Å². The number of hydrogen-bond acceptors (Lipinski definition) is 3. The number of pyridine rings is 1. The van der Waals surface area contributed by atoms with E-state index in [1.807, 2.05) is 0 Å². The van der Waals surface area contributed by atoms with Crippen LogP contribution in [0.25, 0.3) is 0 Å². The van der Waals surface area contributed by atoms with Crippen molar-refractivity contribution in [3.8, 4) is 0 Å². The number of nitrogens with one attached hydrogen (secondary N) is 1. The SMILES string of the molecule is COC[C@H](NC(=O)Cc1ccccc1C(F)(F)F)c1ccccn1. The molecular weight excluding hydrogens is 321 g/mol. The van der Waals surface area contributed by atoms with Crippen LogP contribution in [0.15, 0.2) is 48.7 Å². The molecule has 2 aromatic rings. The van der Waals surface area contributed by atoms with E-state index in [0.29, 0.717) is 5.69 Å². The molecule has 1 atom stereocenters. The minimum absolute atomic E-state index is 0.0697. The molecule has 0 saturated carbocycles. The Kier molecular flexibility index (Phi) is 5.92. The molecule has 1 aromatic heterocycles. The standard InChI is InChI=1S/C17H17F3N2O2/c1-24-11-15(14-8-4-5-9-21-14)22-16(23)10-12-6-2-3-7-13(12)17(18,19)20/h2-9,15H,10-11H2,1H3,(H,22,23)/t15-/m0/s1. The molecule has 0 aliphatic carbocycles. The summed E-state index contributed by atoms with van der Waals surface area (Å²) in [5.74, 6) is -0.528. The number of halogens is 3. The molecule has 0 bridgehead atoms. The summed E-state index contributed by atoms with van der Waals surface area (Å²) in [6.07, 6.45) is -3.30. The van der Waals surface area contributed by atoms with E-state index in [9.17, 15) is 18.0 Å². The molecule has 0 aliphatic rings. The van der Waals surface area contributed by atoms with E-state index in [2.05, 4.69) is 10.3 Å². The predicted molar refractivity (Wildman–Crippen MR) is 82.1 cm³/mol. The van der Waals surface area contributed by atoms with Crippen molar-refractivity contribution < 1.29 is 22.7 Å². The van der Waals surface area contributed by atoms with Crippen molar-refractivity contribution in [3.63, 3.8) is 0 Å². The molecule has 4 nitrogen and oxygen atoms in total. The summed E-state index contributed by atoms with van der Waals surface area (Å²) in [5.41, 5.74) is -0.294. The normalized spacial score (nSPS) is 12.7. The zero-order chi connectivity index (χ0) is 17.6. The fraction of sp³-hybridized carbons (Fsp3) is 0.294. The Hall–Kier alpha value is -2.41. The van der Waals surface area contributed by atoms with Crippen molar-refractivity contribution in [3.05, 3.63) is 65.5 Å². The van der Waals surface area contributed by atoms with E-state index in [0.717, 1.165) is 6.07 Å². The number of carbonyl (C=O) groups excluding carboxylic acids is 1. The van der Waals surface area contributed by atoms with Gasteiger partial charge in [-0.2, -0.15) is 13.2 Å². The largest absolute Gasteiger partial charge is 0.416 e. The van der Waals surface area contributed by atoms with Gasteiger partial charge in [-0.15, -0.1) is 0 Å². The van der Waals surface area contributed by atoms with Gasteiger partial charge in [-0.3, -0.25) is 9.78 Å². The van der Waals surface area contributed by atoms with Crippen LogP contribution in [0.2, 0.25) is 0 Å². The first-order valence-corrected chi connectivity index (χ1v) is 7.26. The lowest BCUT2D eigenvalue weighted by Gasteiger charge is -2.18. The summed E-state index contributed by atoms with van der Waals surface area (Å²) in [6, 6.07) is 9.72.